The molecular formula is C54H96N16O10. The highest BCUT2D eigenvalue weighted by Gasteiger charge is 2.36. The largest absolute Gasteiger partial charge is 0.394 e. The van der Waals surface area contributed by atoms with E-state index in [1.165, 1.54) is 12.5 Å². The Hall–Kier alpha value is -6.99. The van der Waals surface area contributed by atoms with Gasteiger partial charge in [0.1, 0.15) is 6.04 Å². The average Bonchev–Trinajstić information content (AvgIpc) is 3.91. The summed E-state index contributed by atoms with van der Waals surface area (Å²) in [5.74, 6) is -10.5. The molecule has 0 aliphatic carbocycles. The van der Waals surface area contributed by atoms with Gasteiger partial charge in [-0.1, -0.05) is 61.8 Å². The van der Waals surface area contributed by atoms with Gasteiger partial charge in [0, 0.05) is 87.3 Å². The van der Waals surface area contributed by atoms with Crippen LogP contribution in [0.25, 0.3) is 0 Å². The Morgan fingerprint density at radius 3 is 1.41 bits per heavy atom. The van der Waals surface area contributed by atoms with Crippen LogP contribution in [-0.4, -0.2) is 136 Å². The number of primary amides is 1. The van der Waals surface area contributed by atoms with Crippen molar-refractivity contribution in [2.75, 3.05) is 26.2 Å². The smallest absolute Gasteiger partial charge is 0.224 e. The number of H-pyrrole nitrogens is 1. The molecule has 1 rings (SSSR count). The Labute approximate surface area is 471 Å². The zero-order chi connectivity index (χ0) is 60.6. The van der Waals surface area contributed by atoms with Gasteiger partial charge in [0.25, 0.3) is 0 Å². The van der Waals surface area contributed by atoms with Crippen molar-refractivity contribution in [2.24, 2.45) is 102 Å². The van der Waals surface area contributed by atoms with Crippen LogP contribution >= 0.6 is 0 Å². The number of amides is 5. The van der Waals surface area contributed by atoms with Crippen LogP contribution in [0.4, 0.5) is 0 Å². The van der Waals surface area contributed by atoms with Crippen molar-refractivity contribution in [3.8, 4) is 0 Å². The third-order valence-electron chi connectivity index (χ3n) is 14.0. The van der Waals surface area contributed by atoms with Gasteiger partial charge in [0.05, 0.1) is 37.0 Å². The van der Waals surface area contributed by atoms with Gasteiger partial charge in [-0.25, -0.2) is 4.98 Å². The highest BCUT2D eigenvalue weighted by Crippen LogP contribution is 2.24. The number of carbonyl (C=O) groups excluding carboxylic acids is 9. The van der Waals surface area contributed by atoms with E-state index in [-0.39, 0.29) is 132 Å². The molecule has 1 heterocycles. The molecule has 1 aromatic rings. The lowest BCUT2D eigenvalue weighted by Crippen LogP contribution is -2.50. The molecule has 10 atom stereocenters. The first-order valence-corrected chi connectivity index (χ1v) is 28.0. The molecule has 26 nitrogen and oxygen atoms in total. The second-order valence-corrected chi connectivity index (χ2v) is 21.8. The van der Waals surface area contributed by atoms with Crippen LogP contribution in [-0.2, 0) is 49.6 Å². The molecule has 0 saturated carbocycles. The summed E-state index contributed by atoms with van der Waals surface area (Å²) >= 11 is 0. The second-order valence-electron chi connectivity index (χ2n) is 21.8. The molecule has 0 fully saturated rings. The number of aliphatic imine (C=N–C) groups is 3. The summed E-state index contributed by atoms with van der Waals surface area (Å²) in [6.07, 6.45) is 3.87. The minimum absolute atomic E-state index is 0.00683. The molecule has 0 saturated heterocycles. The monoisotopic (exact) mass is 1130 g/mol. The van der Waals surface area contributed by atoms with E-state index < -0.39 is 114 Å². The average molecular weight is 1130 g/mol. The third-order valence-corrected chi connectivity index (χ3v) is 14.0. The fourth-order valence-electron chi connectivity index (χ4n) is 9.00. The molecule has 0 unspecified atom stereocenters. The number of nitrogens with zero attached hydrogens (tertiary/aromatic N) is 4. The SMILES string of the molecule is CC[C@@H](C)C(=O)N[C@@H](CCCN=C(N)N)C(=O)C[C@@H](Cc1cnc[nH]1)C(=O)N[C@@H](CCCN=C(N)N)C(=O)C[C@@H](CCCN=C(N)N)C(=O)N[C@@H](CC(C)C)C(=O)C[C@@H](CC(C)C)C(=O)N[C@@H](CO)C(=O)C[C@H](C(N)=O)[C@@H](C)CC. The van der Waals surface area contributed by atoms with Crippen LogP contribution in [0.15, 0.2) is 27.5 Å². The fourth-order valence-corrected chi connectivity index (χ4v) is 9.00. The maximum absolute atomic E-state index is 14.7. The van der Waals surface area contributed by atoms with Crippen LogP contribution in [0.5, 0.6) is 0 Å². The van der Waals surface area contributed by atoms with Gasteiger partial charge >= 0.3 is 0 Å². The van der Waals surface area contributed by atoms with Crippen LogP contribution in [0.2, 0.25) is 0 Å². The summed E-state index contributed by atoms with van der Waals surface area (Å²) in [5.41, 5.74) is 39.5. The molecule has 26 heteroatoms. The van der Waals surface area contributed by atoms with E-state index in [1.54, 1.807) is 13.8 Å². The van der Waals surface area contributed by atoms with Crippen LogP contribution in [0.1, 0.15) is 151 Å². The molecule has 0 aliphatic heterocycles. The van der Waals surface area contributed by atoms with Gasteiger partial charge in [0.15, 0.2) is 41.0 Å². The number of nitrogens with two attached hydrogens (primary N) is 7. The van der Waals surface area contributed by atoms with Gasteiger partial charge in [-0.3, -0.25) is 58.1 Å². The van der Waals surface area contributed by atoms with Crippen LogP contribution in [0, 0.1) is 47.3 Å². The normalized spacial score (nSPS) is 15.0. The van der Waals surface area contributed by atoms with Gasteiger partial charge in [-0.15, -0.1) is 0 Å². The zero-order valence-corrected chi connectivity index (χ0v) is 48.5. The number of rotatable bonds is 43. The molecule has 1 aromatic heterocycles. The maximum atomic E-state index is 14.7. The first kappa shape index (κ1) is 71.0. The lowest BCUT2D eigenvalue weighted by Gasteiger charge is -2.27. The number of imidazole rings is 1. The second kappa shape index (κ2) is 37.8. The summed E-state index contributed by atoms with van der Waals surface area (Å²) < 4.78 is 0. The Kier molecular flexibility index (Phi) is 33.6. The Balaban J connectivity index is 3.69. The van der Waals surface area contributed by atoms with Gasteiger partial charge in [0.2, 0.25) is 29.5 Å². The van der Waals surface area contributed by atoms with E-state index in [0.29, 0.717) is 25.0 Å². The Morgan fingerprint density at radius 1 is 0.537 bits per heavy atom. The minimum Gasteiger partial charge on any atom is -0.394 e. The summed E-state index contributed by atoms with van der Waals surface area (Å²) in [5, 5.41) is 21.3. The van der Waals surface area contributed by atoms with Crippen molar-refractivity contribution in [1.29, 1.82) is 0 Å². The van der Waals surface area contributed by atoms with Crippen molar-refractivity contribution in [3.05, 3.63) is 18.2 Å². The summed E-state index contributed by atoms with van der Waals surface area (Å²) in [7, 11) is 0. The summed E-state index contributed by atoms with van der Waals surface area (Å²) in [6, 6.07) is -4.74. The van der Waals surface area contributed by atoms with E-state index in [2.05, 4.69) is 46.2 Å². The number of aromatic amines is 1. The summed E-state index contributed by atoms with van der Waals surface area (Å²) in [4.78, 5) is 144. The lowest BCUT2D eigenvalue weighted by molar-refractivity contribution is -0.136. The number of aromatic nitrogens is 2. The van der Waals surface area contributed by atoms with Crippen molar-refractivity contribution in [2.45, 2.75) is 176 Å². The Bertz CT molecular complexity index is 2220. The molecule has 80 heavy (non-hydrogen) atoms. The molecule has 5 amide bonds. The number of hydrogen-bond donors (Lipinski definition) is 13. The van der Waals surface area contributed by atoms with Gasteiger partial charge in [-0.2, -0.15) is 0 Å². The first-order chi connectivity index (χ1) is 37.6. The van der Waals surface area contributed by atoms with Crippen LogP contribution in [0.3, 0.4) is 0 Å². The van der Waals surface area contributed by atoms with Crippen molar-refractivity contribution < 1.29 is 48.3 Å². The van der Waals surface area contributed by atoms with E-state index in [1.807, 2.05) is 41.5 Å². The van der Waals surface area contributed by atoms with Gasteiger partial charge < -0.3 is 71.5 Å². The number of nitrogens with one attached hydrogen (secondary N) is 5. The first-order valence-electron chi connectivity index (χ1n) is 28.0. The number of aliphatic hydroxyl groups is 1. The number of Topliss-reactive ketones (excluding diaryl/α,β-unsaturated/α-hetero) is 4. The third kappa shape index (κ3) is 28.2. The molecule has 0 aromatic carbocycles. The van der Waals surface area contributed by atoms with E-state index in [0.717, 1.165) is 0 Å². The van der Waals surface area contributed by atoms with Crippen molar-refractivity contribution in [3.63, 3.8) is 0 Å². The fraction of sp³-hybridized carbons (Fsp3) is 0.722. The molecule has 0 bridgehead atoms. The predicted octanol–water partition coefficient (Wildman–Crippen LogP) is 0.0158. The number of ketones is 4. The number of carbonyl (C=O) groups is 9. The highest BCUT2D eigenvalue weighted by molar-refractivity contribution is 5.98. The number of guanidine groups is 3. The maximum Gasteiger partial charge on any atom is 0.224 e. The standard InChI is InChI=1S/C54H96N16O10/c1-9-32(7)38(47(55)76)26-46(75)42(28-71)70-50(79)35(20-30(3)4)24-45(74)41(21-31(5)6)69-49(78)34(14-11-17-63-52(56)57)23-43(72)40(16-13-19-65-54(60)61)68-51(80)36(22-37-27-62-29-66-37)25-44(73)39(15-12-18-64-53(58)59)67-48(77)33(8)10-2/h27,29-36,38-42,71H,9-26,28H2,1-8H3,(H2,55,76)(H,62,66)(H,67,77)(H,68,80)(H,69,78)(H,70,79)(H4,56,57,63)(H4,58,59,64)(H4,60,61,65)/t32-,33+,34+,35+,36+,38-,39-,40-,41-,42-/m0/s1. The quantitative estimate of drug-likeness (QED) is 0.0233. The molecule has 0 spiro atoms. The molecule has 20 N–H and O–H groups in total. The minimum atomic E-state index is -1.37. The molecule has 0 radical (unpaired) electrons. The lowest BCUT2D eigenvalue weighted by atomic mass is 9.85. The molecule has 0 aliphatic rings. The zero-order valence-electron chi connectivity index (χ0n) is 48.5. The van der Waals surface area contributed by atoms with E-state index in [9.17, 15) is 48.3 Å². The highest BCUT2D eigenvalue weighted by atomic mass is 16.3. The predicted molar refractivity (Wildman–Crippen MR) is 306 cm³/mol. The topological polar surface area (TPSA) is 470 Å². The van der Waals surface area contributed by atoms with Crippen molar-refractivity contribution >= 4 is 70.5 Å². The molecule has 452 valence electrons. The van der Waals surface area contributed by atoms with E-state index >= 15 is 0 Å². The van der Waals surface area contributed by atoms with Crippen molar-refractivity contribution in [1.82, 2.24) is 31.2 Å². The Morgan fingerprint density at radius 2 is 0.963 bits per heavy atom. The number of aliphatic hydroxyl groups excluding tert-OH is 1. The summed E-state index contributed by atoms with van der Waals surface area (Å²) in [6.45, 7) is 14.2. The van der Waals surface area contributed by atoms with Crippen LogP contribution < -0.4 is 61.4 Å². The van der Waals surface area contributed by atoms with Gasteiger partial charge in [-0.05, 0) is 75.5 Å². The molecular weight excluding hydrogens is 1030 g/mol. The van der Waals surface area contributed by atoms with E-state index in [4.69, 9.17) is 40.1 Å². The number of hydrogen-bond acceptors (Lipinski definition) is 14.